The van der Waals surface area contributed by atoms with Crippen LogP contribution in [0.3, 0.4) is 0 Å². The lowest BCUT2D eigenvalue weighted by molar-refractivity contribution is 0.00482. The summed E-state index contributed by atoms with van der Waals surface area (Å²) in [5.74, 6) is 0.241. The molecule has 1 aromatic rings. The second-order valence-electron chi connectivity index (χ2n) is 4.83. The summed E-state index contributed by atoms with van der Waals surface area (Å²) in [4.78, 5) is 11.9. The number of hydrogen-bond acceptors (Lipinski definition) is 3. The Morgan fingerprint density at radius 1 is 1.24 bits per heavy atom. The van der Waals surface area contributed by atoms with E-state index in [4.69, 9.17) is 10.5 Å². The molecule has 92 valence electrons. The second-order valence-corrected chi connectivity index (χ2v) is 4.83. The lowest BCUT2D eigenvalue weighted by Gasteiger charge is -2.28. The van der Waals surface area contributed by atoms with E-state index in [0.29, 0.717) is 17.2 Å². The van der Waals surface area contributed by atoms with Crippen molar-refractivity contribution in [2.45, 2.75) is 38.7 Å². The van der Waals surface area contributed by atoms with Crippen LogP contribution in [0.2, 0.25) is 0 Å². The molecule has 2 atom stereocenters. The minimum atomic E-state index is -0.233. The van der Waals surface area contributed by atoms with Crippen molar-refractivity contribution in [2.24, 2.45) is 5.92 Å². The molecule has 0 bridgehead atoms. The van der Waals surface area contributed by atoms with Gasteiger partial charge in [-0.3, -0.25) is 0 Å². The number of esters is 1. The molecular formula is C14H19NO2. The van der Waals surface area contributed by atoms with Gasteiger partial charge in [-0.05, 0) is 49.4 Å². The van der Waals surface area contributed by atoms with Gasteiger partial charge in [-0.1, -0.05) is 13.3 Å². The van der Waals surface area contributed by atoms with Gasteiger partial charge in [-0.2, -0.15) is 0 Å². The summed E-state index contributed by atoms with van der Waals surface area (Å²) in [5, 5.41) is 0. The van der Waals surface area contributed by atoms with Crippen LogP contribution in [0, 0.1) is 5.92 Å². The summed E-state index contributed by atoms with van der Waals surface area (Å²) < 4.78 is 5.55. The van der Waals surface area contributed by atoms with Gasteiger partial charge in [0.25, 0.3) is 0 Å². The Kier molecular flexibility index (Phi) is 3.67. The maximum atomic E-state index is 11.9. The van der Waals surface area contributed by atoms with Gasteiger partial charge in [-0.15, -0.1) is 0 Å². The zero-order valence-corrected chi connectivity index (χ0v) is 10.2. The zero-order chi connectivity index (χ0) is 12.3. The lowest BCUT2D eigenvalue weighted by Crippen LogP contribution is -2.28. The fraction of sp³-hybridized carbons (Fsp3) is 0.500. The van der Waals surface area contributed by atoms with Gasteiger partial charge in [0, 0.05) is 5.69 Å². The molecule has 0 radical (unpaired) electrons. The van der Waals surface area contributed by atoms with E-state index in [2.05, 4.69) is 6.92 Å². The Balaban J connectivity index is 1.98. The Bertz CT molecular complexity index is 386. The maximum Gasteiger partial charge on any atom is 0.338 e. The first-order chi connectivity index (χ1) is 8.16. The quantitative estimate of drug-likeness (QED) is 0.631. The molecule has 1 aromatic carbocycles. The van der Waals surface area contributed by atoms with Gasteiger partial charge >= 0.3 is 5.97 Å². The van der Waals surface area contributed by atoms with Gasteiger partial charge in [0.05, 0.1) is 5.56 Å². The molecular weight excluding hydrogens is 214 g/mol. The summed E-state index contributed by atoms with van der Waals surface area (Å²) in [7, 11) is 0. The Morgan fingerprint density at radius 3 is 2.53 bits per heavy atom. The average Bonchev–Trinajstić information content (AvgIpc) is 2.33. The first kappa shape index (κ1) is 12.0. The maximum absolute atomic E-state index is 11.9. The number of anilines is 1. The van der Waals surface area contributed by atoms with Crippen LogP contribution >= 0.6 is 0 Å². The predicted molar refractivity (Wildman–Crippen MR) is 67.7 cm³/mol. The van der Waals surface area contributed by atoms with Crippen LogP contribution in [0.4, 0.5) is 5.69 Å². The van der Waals surface area contributed by atoms with E-state index in [9.17, 15) is 4.79 Å². The standard InChI is InChI=1S/C14H19NO2/c1-10-4-2-3-5-13(10)17-14(16)11-6-8-12(15)9-7-11/h6-10,13H,2-5,15H2,1H3. The van der Waals surface area contributed by atoms with Crippen molar-refractivity contribution < 1.29 is 9.53 Å². The molecule has 3 nitrogen and oxygen atoms in total. The van der Waals surface area contributed by atoms with Crippen LogP contribution in [-0.4, -0.2) is 12.1 Å². The summed E-state index contributed by atoms with van der Waals surface area (Å²) >= 11 is 0. The second kappa shape index (κ2) is 5.21. The van der Waals surface area contributed by atoms with Crippen molar-refractivity contribution in [2.75, 3.05) is 5.73 Å². The van der Waals surface area contributed by atoms with E-state index in [1.807, 2.05) is 0 Å². The van der Waals surface area contributed by atoms with Crippen molar-refractivity contribution in [3.05, 3.63) is 29.8 Å². The fourth-order valence-corrected chi connectivity index (χ4v) is 2.28. The molecule has 2 unspecified atom stereocenters. The molecule has 0 amide bonds. The van der Waals surface area contributed by atoms with E-state index >= 15 is 0 Å². The lowest BCUT2D eigenvalue weighted by atomic mass is 9.88. The molecule has 0 aromatic heterocycles. The summed E-state index contributed by atoms with van der Waals surface area (Å²) in [6.45, 7) is 2.15. The minimum absolute atomic E-state index is 0.0776. The molecule has 0 heterocycles. The predicted octanol–water partition coefficient (Wildman–Crippen LogP) is 3.00. The molecule has 3 heteroatoms. The van der Waals surface area contributed by atoms with Crippen LogP contribution in [-0.2, 0) is 4.74 Å². The minimum Gasteiger partial charge on any atom is -0.459 e. The molecule has 2 rings (SSSR count). The fourth-order valence-electron chi connectivity index (χ4n) is 2.28. The molecule has 1 aliphatic carbocycles. The normalized spacial score (nSPS) is 24.3. The number of rotatable bonds is 2. The first-order valence-corrected chi connectivity index (χ1v) is 6.23. The van der Waals surface area contributed by atoms with Gasteiger partial charge in [0.2, 0.25) is 0 Å². The molecule has 0 saturated heterocycles. The molecule has 1 fully saturated rings. The number of ether oxygens (including phenoxy) is 1. The van der Waals surface area contributed by atoms with Crippen LogP contribution in [0.1, 0.15) is 43.0 Å². The Labute approximate surface area is 102 Å². The van der Waals surface area contributed by atoms with Crippen molar-refractivity contribution >= 4 is 11.7 Å². The highest BCUT2D eigenvalue weighted by Gasteiger charge is 2.25. The van der Waals surface area contributed by atoms with Crippen LogP contribution in [0.15, 0.2) is 24.3 Å². The third-order valence-electron chi connectivity index (χ3n) is 3.44. The summed E-state index contributed by atoms with van der Waals surface area (Å²) in [6.07, 6.45) is 4.62. The molecule has 2 N–H and O–H groups in total. The van der Waals surface area contributed by atoms with E-state index in [-0.39, 0.29) is 12.1 Å². The highest BCUT2D eigenvalue weighted by Crippen LogP contribution is 2.27. The molecule has 0 spiro atoms. The summed E-state index contributed by atoms with van der Waals surface area (Å²) in [6, 6.07) is 6.87. The average molecular weight is 233 g/mol. The topological polar surface area (TPSA) is 52.3 Å². The number of nitrogen functional groups attached to an aromatic ring is 1. The number of nitrogens with two attached hydrogens (primary N) is 1. The van der Waals surface area contributed by atoms with Crippen LogP contribution in [0.5, 0.6) is 0 Å². The van der Waals surface area contributed by atoms with Crippen molar-refractivity contribution in [1.82, 2.24) is 0 Å². The third kappa shape index (κ3) is 2.99. The number of hydrogen-bond donors (Lipinski definition) is 1. The van der Waals surface area contributed by atoms with Crippen molar-refractivity contribution in [3.8, 4) is 0 Å². The van der Waals surface area contributed by atoms with E-state index in [1.165, 1.54) is 6.42 Å². The number of benzene rings is 1. The van der Waals surface area contributed by atoms with Crippen LogP contribution < -0.4 is 5.73 Å². The van der Waals surface area contributed by atoms with E-state index < -0.39 is 0 Å². The van der Waals surface area contributed by atoms with Gasteiger partial charge in [-0.25, -0.2) is 4.79 Å². The van der Waals surface area contributed by atoms with Crippen molar-refractivity contribution in [1.29, 1.82) is 0 Å². The number of carbonyl (C=O) groups is 1. The van der Waals surface area contributed by atoms with E-state index in [0.717, 1.165) is 19.3 Å². The van der Waals surface area contributed by atoms with E-state index in [1.54, 1.807) is 24.3 Å². The highest BCUT2D eigenvalue weighted by molar-refractivity contribution is 5.89. The van der Waals surface area contributed by atoms with Gasteiger partial charge < -0.3 is 10.5 Å². The van der Waals surface area contributed by atoms with Gasteiger partial charge in [0.15, 0.2) is 0 Å². The molecule has 17 heavy (non-hydrogen) atoms. The Hall–Kier alpha value is -1.51. The number of carbonyl (C=O) groups excluding carboxylic acids is 1. The summed E-state index contributed by atoms with van der Waals surface area (Å²) in [5.41, 5.74) is 6.82. The monoisotopic (exact) mass is 233 g/mol. The smallest absolute Gasteiger partial charge is 0.338 e. The molecule has 1 aliphatic rings. The zero-order valence-electron chi connectivity index (χ0n) is 10.2. The Morgan fingerprint density at radius 2 is 1.88 bits per heavy atom. The largest absolute Gasteiger partial charge is 0.459 e. The first-order valence-electron chi connectivity index (χ1n) is 6.23. The SMILES string of the molecule is CC1CCCCC1OC(=O)c1ccc(N)cc1. The molecule has 1 saturated carbocycles. The third-order valence-corrected chi connectivity index (χ3v) is 3.44. The van der Waals surface area contributed by atoms with Crippen molar-refractivity contribution in [3.63, 3.8) is 0 Å². The highest BCUT2D eigenvalue weighted by atomic mass is 16.5. The van der Waals surface area contributed by atoms with Crippen LogP contribution in [0.25, 0.3) is 0 Å². The molecule has 0 aliphatic heterocycles. The van der Waals surface area contributed by atoms with Gasteiger partial charge in [0.1, 0.15) is 6.10 Å².